The predicted molar refractivity (Wildman–Crippen MR) is 344 cm³/mol. The number of fused-ring (bicyclic) bond motifs is 5. The number of imide groups is 1. The minimum absolute atomic E-state index is 0.0499. The number of methoxy groups -OCH3 is 1. The van der Waals surface area contributed by atoms with E-state index in [1.54, 1.807) is 27.7 Å². The van der Waals surface area contributed by atoms with Crippen LogP contribution in [0.2, 0.25) is 0 Å². The Morgan fingerprint density at radius 2 is 1.51 bits per heavy atom. The SMILES string of the molecule is COc1c(OCCCCCC(=O)N2C[C@@H](CCl)c3c2cc(OC(=O)N2CCN(C)CC2)c2ccccc32)cc2c(c1C)C(=O)N1CCC[C@H]1C(O)N2C(=O)Oc1ccc(NC(=O)[C@H](CCCCN)NC(=O)C2(C(=O)NCCCCCN3C(=O)C=CC3=O)CCC2)cc1. The van der Waals surface area contributed by atoms with Gasteiger partial charge in [-0.3, -0.25) is 38.5 Å². The Hall–Kier alpha value is -8.32. The number of unbranched alkanes of at least 4 members (excludes halogenated alkanes) is 5. The van der Waals surface area contributed by atoms with Crippen molar-refractivity contribution in [1.82, 2.24) is 30.2 Å². The summed E-state index contributed by atoms with van der Waals surface area (Å²) < 4.78 is 24.2. The summed E-state index contributed by atoms with van der Waals surface area (Å²) in [5, 5.41) is 22.3. The van der Waals surface area contributed by atoms with Crippen molar-refractivity contribution in [2.75, 3.05) is 101 Å². The summed E-state index contributed by atoms with van der Waals surface area (Å²) in [5.74, 6) is -1.60. The number of benzene rings is 4. The number of nitrogens with two attached hydrogens (primary N) is 1. The van der Waals surface area contributed by atoms with E-state index in [-0.39, 0.29) is 78.1 Å². The van der Waals surface area contributed by atoms with Crippen molar-refractivity contribution in [2.45, 2.75) is 127 Å². The van der Waals surface area contributed by atoms with Gasteiger partial charge in [0.05, 0.1) is 36.7 Å². The number of ether oxygens (including phenoxy) is 4. The smallest absolute Gasteiger partial charge is 0.421 e. The van der Waals surface area contributed by atoms with Gasteiger partial charge in [0.1, 0.15) is 23.0 Å². The monoisotopic (exact) mass is 1290 g/mol. The lowest BCUT2D eigenvalue weighted by molar-refractivity contribution is -0.151. The van der Waals surface area contributed by atoms with Crippen LogP contribution in [-0.4, -0.2) is 182 Å². The quantitative estimate of drug-likeness (QED) is 0.0181. The molecule has 0 aromatic heterocycles. The van der Waals surface area contributed by atoms with Crippen molar-refractivity contribution in [3.63, 3.8) is 0 Å². The molecule has 0 spiro atoms. The maximum atomic E-state index is 14.6. The van der Waals surface area contributed by atoms with Crippen LogP contribution in [0.3, 0.4) is 0 Å². The number of hydrogen-bond acceptors (Lipinski definition) is 16. The molecule has 5 heterocycles. The van der Waals surface area contributed by atoms with Gasteiger partial charge in [0.2, 0.25) is 23.6 Å². The average molecular weight is 1290 g/mol. The Morgan fingerprint density at radius 3 is 2.21 bits per heavy atom. The number of alkyl halides is 1. The maximum Gasteiger partial charge on any atom is 0.421 e. The lowest BCUT2D eigenvalue weighted by Gasteiger charge is -2.39. The number of carbonyl (C=O) groups is 9. The van der Waals surface area contributed by atoms with Gasteiger partial charge in [-0.1, -0.05) is 30.7 Å². The van der Waals surface area contributed by atoms with Crippen molar-refractivity contribution in [1.29, 1.82) is 0 Å². The molecule has 1 aliphatic carbocycles. The van der Waals surface area contributed by atoms with E-state index < -0.39 is 59.5 Å². The molecule has 4 aromatic carbocycles. The van der Waals surface area contributed by atoms with E-state index in [4.69, 9.17) is 36.3 Å². The molecule has 0 bridgehead atoms. The summed E-state index contributed by atoms with van der Waals surface area (Å²) in [4.78, 5) is 131. The molecular formula is C67H83ClN10O14. The number of aliphatic hydroxyl groups excluding tert-OH is 1. The van der Waals surface area contributed by atoms with E-state index in [0.717, 1.165) is 34.3 Å². The van der Waals surface area contributed by atoms with E-state index in [2.05, 4.69) is 20.9 Å². The van der Waals surface area contributed by atoms with Gasteiger partial charge >= 0.3 is 12.2 Å². The van der Waals surface area contributed by atoms with Crippen LogP contribution in [0.4, 0.5) is 26.7 Å². The third-order valence-corrected chi connectivity index (χ3v) is 19.0. The van der Waals surface area contributed by atoms with E-state index in [9.17, 15) is 48.3 Å². The third kappa shape index (κ3) is 14.3. The molecule has 3 fully saturated rings. The summed E-state index contributed by atoms with van der Waals surface area (Å²) in [7, 11) is 3.47. The molecular weight excluding hydrogens is 1200 g/mol. The van der Waals surface area contributed by atoms with Crippen LogP contribution in [0.15, 0.2) is 72.8 Å². The minimum atomic E-state index is -1.52. The van der Waals surface area contributed by atoms with Crippen molar-refractivity contribution < 1.29 is 67.2 Å². The Morgan fingerprint density at radius 1 is 0.793 bits per heavy atom. The molecule has 492 valence electrons. The summed E-state index contributed by atoms with van der Waals surface area (Å²) in [5.41, 5.74) is 6.96. The molecule has 4 aromatic rings. The lowest BCUT2D eigenvalue weighted by atomic mass is 9.67. The molecule has 5 aliphatic heterocycles. The van der Waals surface area contributed by atoms with Crippen molar-refractivity contribution >= 4 is 93.0 Å². The molecule has 24 nitrogen and oxygen atoms in total. The number of anilines is 3. The maximum absolute atomic E-state index is 14.6. The van der Waals surface area contributed by atoms with Gasteiger partial charge in [-0.15, -0.1) is 11.6 Å². The van der Waals surface area contributed by atoms with Crippen LogP contribution >= 0.6 is 11.6 Å². The number of piperazine rings is 1. The molecule has 4 atom stereocenters. The molecule has 2 saturated heterocycles. The standard InChI is InChI=1S/C67H83ClN10O14/c1-42-57-51(39-53(59(42)89-3)90-37-13-4-6-20-54(79)77-41-43(40-68)58-47-17-8-7-16-46(47)52(38-50(58)77)92-65(87)74-35-33-73(2)34-36-74)78(61(83)49-19-14-32-75(49)62(57)84)66(88)91-45-23-21-44(22-24-45)71-60(82)48(18-9-10-29-69)72-64(86)67(27-15-28-67)63(85)70-30-11-5-12-31-76-55(80)25-26-56(76)81/h7-8,16-17,21-26,38-39,43,48-49,61,83H,4-6,9-15,18-20,27-37,40-41,69H2,1-3H3,(H,70,85)(H,71,82)(H,72,86)/t43-,48+,49+,61?/m1/s1. The van der Waals surface area contributed by atoms with Crippen LogP contribution in [-0.2, 0) is 28.8 Å². The zero-order valence-corrected chi connectivity index (χ0v) is 53.3. The zero-order chi connectivity index (χ0) is 65.2. The molecule has 1 saturated carbocycles. The van der Waals surface area contributed by atoms with Crippen LogP contribution in [0.25, 0.3) is 10.8 Å². The second kappa shape index (κ2) is 30.0. The molecule has 92 heavy (non-hydrogen) atoms. The Labute approximate surface area is 539 Å². The molecule has 1 unspecified atom stereocenters. The predicted octanol–water partition coefficient (Wildman–Crippen LogP) is 7.09. The van der Waals surface area contributed by atoms with Gasteiger partial charge in [0.15, 0.2) is 17.7 Å². The highest BCUT2D eigenvalue weighted by Gasteiger charge is 2.52. The number of nitrogens with zero attached hydrogens (tertiary/aromatic N) is 6. The fourth-order valence-corrected chi connectivity index (χ4v) is 13.4. The molecule has 6 N–H and O–H groups in total. The Balaban J connectivity index is 0.760. The summed E-state index contributed by atoms with van der Waals surface area (Å²) in [6.45, 7) is 6.13. The number of aliphatic hydroxyl groups is 1. The second-order valence-corrected chi connectivity index (χ2v) is 24.9. The number of rotatable bonds is 26. The topological polar surface area (TPSA) is 292 Å². The third-order valence-electron chi connectivity index (χ3n) is 18.6. The molecule has 6 aliphatic rings. The summed E-state index contributed by atoms with van der Waals surface area (Å²) in [6.07, 6.45) is 6.82. The summed E-state index contributed by atoms with van der Waals surface area (Å²) in [6, 6.07) is 15.2. The first-order chi connectivity index (χ1) is 44.5. The van der Waals surface area contributed by atoms with Crippen LogP contribution in [0.5, 0.6) is 23.0 Å². The highest BCUT2D eigenvalue weighted by atomic mass is 35.5. The van der Waals surface area contributed by atoms with E-state index in [0.29, 0.717) is 151 Å². The second-order valence-electron chi connectivity index (χ2n) is 24.6. The van der Waals surface area contributed by atoms with E-state index in [1.807, 2.05) is 31.3 Å². The van der Waals surface area contributed by atoms with Crippen molar-refractivity contribution in [2.24, 2.45) is 11.1 Å². The Kier molecular flexibility index (Phi) is 21.7. The van der Waals surface area contributed by atoms with Gasteiger partial charge in [0.25, 0.3) is 17.7 Å². The largest absolute Gasteiger partial charge is 0.493 e. The number of nitrogens with one attached hydrogen (secondary N) is 3. The minimum Gasteiger partial charge on any atom is -0.493 e. The van der Waals surface area contributed by atoms with Gasteiger partial charge < -0.3 is 65.3 Å². The van der Waals surface area contributed by atoms with Crippen LogP contribution in [0, 0.1) is 12.3 Å². The molecule has 25 heteroatoms. The first-order valence-electron chi connectivity index (χ1n) is 32.1. The van der Waals surface area contributed by atoms with Crippen LogP contribution in [0.1, 0.15) is 124 Å². The van der Waals surface area contributed by atoms with Gasteiger partial charge in [-0.2, -0.15) is 0 Å². The van der Waals surface area contributed by atoms with Gasteiger partial charge in [0, 0.05) is 111 Å². The normalized spacial score (nSPS) is 19.4. The zero-order valence-electron chi connectivity index (χ0n) is 52.5. The number of carbonyl (C=O) groups excluding carboxylic acids is 9. The highest BCUT2D eigenvalue weighted by molar-refractivity contribution is 6.19. The lowest BCUT2D eigenvalue weighted by Crippen LogP contribution is -2.58. The number of halogens is 1. The fraction of sp³-hybridized carbons (Fsp3) is 0.507. The molecule has 0 radical (unpaired) electrons. The van der Waals surface area contributed by atoms with Gasteiger partial charge in [-0.25, -0.2) is 14.5 Å². The number of hydrogen-bond donors (Lipinski definition) is 5. The van der Waals surface area contributed by atoms with Crippen molar-refractivity contribution in [3.05, 3.63) is 89.5 Å². The summed E-state index contributed by atoms with van der Waals surface area (Å²) >= 11 is 6.57. The number of amides is 9. The highest BCUT2D eigenvalue weighted by Crippen LogP contribution is 2.48. The average Bonchev–Trinajstić information content (AvgIpc) is 1.53. The van der Waals surface area contributed by atoms with E-state index in [1.165, 1.54) is 54.5 Å². The fourth-order valence-electron chi connectivity index (χ4n) is 13.2. The van der Waals surface area contributed by atoms with Crippen molar-refractivity contribution in [3.8, 4) is 23.0 Å². The molecule has 9 amide bonds. The molecule has 10 rings (SSSR count). The first kappa shape index (κ1) is 66.6. The Bertz CT molecular complexity index is 3460. The van der Waals surface area contributed by atoms with E-state index >= 15 is 0 Å². The first-order valence-corrected chi connectivity index (χ1v) is 32.7. The number of likely N-dealkylation sites (N-methyl/N-ethyl adjacent to an activating group) is 1. The van der Waals surface area contributed by atoms with Gasteiger partial charge in [-0.05, 0) is 139 Å². The van der Waals surface area contributed by atoms with Crippen LogP contribution < -0.4 is 50.4 Å².